The van der Waals surface area contributed by atoms with Gasteiger partial charge in [0, 0.05) is 19.0 Å². The van der Waals surface area contributed by atoms with Crippen LogP contribution in [0.1, 0.15) is 15.9 Å². The minimum absolute atomic E-state index is 0.104. The summed E-state index contributed by atoms with van der Waals surface area (Å²) in [5, 5.41) is 13.1. The number of aromatic nitrogens is 2. The largest absolute Gasteiger partial charge is 0.478 e. The molecular weight excluding hydrogens is 264 g/mol. The lowest BCUT2D eigenvalue weighted by atomic mass is 10.2. The fourth-order valence-electron chi connectivity index (χ4n) is 1.76. The summed E-state index contributed by atoms with van der Waals surface area (Å²) in [5.74, 6) is -0.666. The molecule has 0 saturated carbocycles. The molecule has 0 spiro atoms. The standard InChI is InChI=1S/C13H14N2O3S/c1-15-9-10(8-14-15)6-7-19(18)12-5-3-2-4-11(12)13(16)17/h2-5,8-9H,6-7H2,1H3,(H,16,17). The number of benzene rings is 1. The molecule has 100 valence electrons. The van der Waals surface area contributed by atoms with Crippen molar-refractivity contribution in [2.24, 2.45) is 7.05 Å². The molecule has 19 heavy (non-hydrogen) atoms. The van der Waals surface area contributed by atoms with Gasteiger partial charge >= 0.3 is 5.97 Å². The van der Waals surface area contributed by atoms with Crippen molar-refractivity contribution in [3.63, 3.8) is 0 Å². The summed E-state index contributed by atoms with van der Waals surface area (Å²) in [6.45, 7) is 0. The molecule has 1 aromatic heterocycles. The third-order valence-electron chi connectivity index (χ3n) is 2.70. The van der Waals surface area contributed by atoms with Crippen LogP contribution in [0, 0.1) is 0 Å². The van der Waals surface area contributed by atoms with Crippen LogP contribution in [-0.4, -0.2) is 30.8 Å². The lowest BCUT2D eigenvalue weighted by molar-refractivity contribution is 0.0693. The summed E-state index contributed by atoms with van der Waals surface area (Å²) in [4.78, 5) is 11.4. The number of hydrogen-bond donors (Lipinski definition) is 1. The van der Waals surface area contributed by atoms with Gasteiger partial charge in [0.05, 0.1) is 27.5 Å². The highest BCUT2D eigenvalue weighted by molar-refractivity contribution is 7.85. The van der Waals surface area contributed by atoms with E-state index in [9.17, 15) is 9.00 Å². The number of aryl methyl sites for hydroxylation is 2. The molecule has 0 aliphatic heterocycles. The van der Waals surface area contributed by atoms with Gasteiger partial charge in [-0.3, -0.25) is 8.89 Å². The molecule has 2 rings (SSSR count). The molecule has 0 bridgehead atoms. The Balaban J connectivity index is 2.10. The highest BCUT2D eigenvalue weighted by Gasteiger charge is 2.14. The average molecular weight is 278 g/mol. The first kappa shape index (κ1) is 13.5. The molecule has 2 aromatic rings. The van der Waals surface area contributed by atoms with Crippen molar-refractivity contribution in [2.75, 3.05) is 5.75 Å². The number of hydrogen-bond acceptors (Lipinski definition) is 3. The van der Waals surface area contributed by atoms with E-state index in [1.54, 1.807) is 29.1 Å². The third kappa shape index (κ3) is 3.29. The summed E-state index contributed by atoms with van der Waals surface area (Å²) in [6, 6.07) is 6.40. The molecular formula is C13H14N2O3S. The van der Waals surface area contributed by atoms with Gasteiger partial charge in [0.2, 0.25) is 0 Å². The van der Waals surface area contributed by atoms with Gasteiger partial charge in [-0.2, -0.15) is 5.10 Å². The van der Waals surface area contributed by atoms with Crippen LogP contribution in [0.25, 0.3) is 0 Å². The van der Waals surface area contributed by atoms with Gasteiger partial charge in [0.25, 0.3) is 0 Å². The quantitative estimate of drug-likeness (QED) is 0.899. The zero-order valence-corrected chi connectivity index (χ0v) is 11.3. The number of rotatable bonds is 5. The van der Waals surface area contributed by atoms with Gasteiger partial charge in [-0.1, -0.05) is 12.1 Å². The van der Waals surface area contributed by atoms with Crippen LogP contribution in [-0.2, 0) is 24.3 Å². The van der Waals surface area contributed by atoms with E-state index in [0.29, 0.717) is 17.1 Å². The van der Waals surface area contributed by atoms with Crippen LogP contribution in [0.15, 0.2) is 41.6 Å². The number of carboxylic acid groups (broad SMARTS) is 1. The van der Waals surface area contributed by atoms with E-state index in [4.69, 9.17) is 5.11 Å². The zero-order valence-electron chi connectivity index (χ0n) is 10.4. The van der Waals surface area contributed by atoms with Gasteiger partial charge in [-0.25, -0.2) is 4.79 Å². The van der Waals surface area contributed by atoms with E-state index in [1.807, 2.05) is 13.2 Å². The predicted octanol–water partition coefficient (Wildman–Crippen LogP) is 1.47. The smallest absolute Gasteiger partial charge is 0.336 e. The van der Waals surface area contributed by atoms with Crippen molar-refractivity contribution in [1.82, 2.24) is 9.78 Å². The summed E-state index contributed by atoms with van der Waals surface area (Å²) in [5.41, 5.74) is 1.09. The Hall–Kier alpha value is -1.95. The van der Waals surface area contributed by atoms with Gasteiger partial charge in [0.15, 0.2) is 0 Å². The molecule has 0 saturated heterocycles. The maximum absolute atomic E-state index is 12.2. The molecule has 0 fully saturated rings. The van der Waals surface area contributed by atoms with Crippen molar-refractivity contribution >= 4 is 16.8 Å². The first-order chi connectivity index (χ1) is 9.08. The Morgan fingerprint density at radius 1 is 1.42 bits per heavy atom. The average Bonchev–Trinajstić information content (AvgIpc) is 2.81. The van der Waals surface area contributed by atoms with Gasteiger partial charge in [-0.05, 0) is 24.1 Å². The van der Waals surface area contributed by atoms with Crippen LogP contribution in [0.5, 0.6) is 0 Å². The third-order valence-corrected chi connectivity index (χ3v) is 4.12. The predicted molar refractivity (Wildman–Crippen MR) is 71.6 cm³/mol. The fraction of sp³-hybridized carbons (Fsp3) is 0.231. The second-order valence-corrected chi connectivity index (χ2v) is 5.66. The maximum atomic E-state index is 12.2. The fourth-order valence-corrected chi connectivity index (χ4v) is 3.04. The van der Waals surface area contributed by atoms with Crippen molar-refractivity contribution in [3.8, 4) is 0 Å². The van der Waals surface area contributed by atoms with E-state index >= 15 is 0 Å². The van der Waals surface area contributed by atoms with E-state index in [0.717, 1.165) is 5.56 Å². The molecule has 0 radical (unpaired) electrons. The molecule has 1 atom stereocenters. The lowest BCUT2D eigenvalue weighted by Crippen LogP contribution is -2.08. The normalized spacial score (nSPS) is 12.3. The molecule has 6 heteroatoms. The van der Waals surface area contributed by atoms with Crippen LogP contribution < -0.4 is 0 Å². The lowest BCUT2D eigenvalue weighted by Gasteiger charge is -2.05. The summed E-state index contributed by atoms with van der Waals surface area (Å²) in [7, 11) is 0.495. The van der Waals surface area contributed by atoms with Crippen LogP contribution in [0.4, 0.5) is 0 Å². The second-order valence-electron chi connectivity index (χ2n) is 4.12. The topological polar surface area (TPSA) is 72.2 Å². The zero-order chi connectivity index (χ0) is 13.8. The molecule has 0 aliphatic carbocycles. The van der Waals surface area contributed by atoms with E-state index in [2.05, 4.69) is 5.10 Å². The van der Waals surface area contributed by atoms with Crippen LogP contribution in [0.2, 0.25) is 0 Å². The van der Waals surface area contributed by atoms with Crippen molar-refractivity contribution in [2.45, 2.75) is 11.3 Å². The highest BCUT2D eigenvalue weighted by atomic mass is 32.2. The number of nitrogens with zero attached hydrogens (tertiary/aromatic N) is 2. The Morgan fingerprint density at radius 2 is 2.16 bits per heavy atom. The van der Waals surface area contributed by atoms with E-state index in [-0.39, 0.29) is 5.56 Å². The number of aromatic carboxylic acids is 1. The summed E-state index contributed by atoms with van der Waals surface area (Å²) < 4.78 is 13.9. The van der Waals surface area contributed by atoms with E-state index < -0.39 is 16.8 Å². The van der Waals surface area contributed by atoms with Crippen LogP contribution >= 0.6 is 0 Å². The van der Waals surface area contributed by atoms with E-state index in [1.165, 1.54) is 6.07 Å². The van der Waals surface area contributed by atoms with Gasteiger partial charge < -0.3 is 5.11 Å². The molecule has 1 heterocycles. The molecule has 5 nitrogen and oxygen atoms in total. The first-order valence-corrected chi connectivity index (χ1v) is 7.08. The minimum Gasteiger partial charge on any atom is -0.478 e. The summed E-state index contributed by atoms with van der Waals surface area (Å²) in [6.07, 6.45) is 4.19. The molecule has 1 aromatic carbocycles. The Bertz CT molecular complexity index is 622. The van der Waals surface area contributed by atoms with Gasteiger partial charge in [-0.15, -0.1) is 0 Å². The van der Waals surface area contributed by atoms with Crippen molar-refractivity contribution < 1.29 is 14.1 Å². The Kier molecular flexibility index (Phi) is 4.11. The molecule has 0 aliphatic rings. The Morgan fingerprint density at radius 3 is 2.79 bits per heavy atom. The Labute approximate surface area is 113 Å². The van der Waals surface area contributed by atoms with Crippen molar-refractivity contribution in [1.29, 1.82) is 0 Å². The van der Waals surface area contributed by atoms with Gasteiger partial charge in [0.1, 0.15) is 0 Å². The number of carbonyl (C=O) groups is 1. The molecule has 1 N–H and O–H groups in total. The van der Waals surface area contributed by atoms with Crippen molar-refractivity contribution in [3.05, 3.63) is 47.8 Å². The maximum Gasteiger partial charge on any atom is 0.336 e. The second kappa shape index (κ2) is 5.79. The minimum atomic E-state index is -1.32. The first-order valence-electron chi connectivity index (χ1n) is 5.76. The van der Waals surface area contributed by atoms with Crippen LogP contribution in [0.3, 0.4) is 0 Å². The SMILES string of the molecule is Cn1cc(CCS(=O)c2ccccc2C(=O)O)cn1. The molecule has 0 amide bonds. The number of carboxylic acids is 1. The monoisotopic (exact) mass is 278 g/mol. The molecule has 1 unspecified atom stereocenters. The highest BCUT2D eigenvalue weighted by Crippen LogP contribution is 2.15. The summed E-state index contributed by atoms with van der Waals surface area (Å²) >= 11 is 0.